The fourth-order valence-corrected chi connectivity index (χ4v) is 1.71. The van der Waals surface area contributed by atoms with Crippen LogP contribution >= 0.6 is 0 Å². The van der Waals surface area contributed by atoms with Gasteiger partial charge in [-0.2, -0.15) is 0 Å². The maximum Gasteiger partial charge on any atom is 0.251 e. The zero-order valence-electron chi connectivity index (χ0n) is 9.96. The topological polar surface area (TPSA) is 73.6 Å². The first kappa shape index (κ1) is 13.4. The molecular formula is C11H22N2O3. The molecular weight excluding hydrogens is 208 g/mol. The van der Waals surface area contributed by atoms with Crippen LogP contribution in [-0.4, -0.2) is 44.4 Å². The van der Waals surface area contributed by atoms with E-state index in [9.17, 15) is 4.79 Å². The third-order valence-electron chi connectivity index (χ3n) is 2.71. The molecule has 1 rings (SSSR count). The van der Waals surface area contributed by atoms with Gasteiger partial charge in [0.05, 0.1) is 6.61 Å². The summed E-state index contributed by atoms with van der Waals surface area (Å²) >= 11 is 0. The van der Waals surface area contributed by atoms with Crippen molar-refractivity contribution in [1.29, 1.82) is 0 Å². The van der Waals surface area contributed by atoms with Crippen LogP contribution < -0.4 is 11.1 Å². The highest BCUT2D eigenvalue weighted by Crippen LogP contribution is 2.24. The van der Waals surface area contributed by atoms with Crippen LogP contribution in [0.15, 0.2) is 0 Å². The summed E-state index contributed by atoms with van der Waals surface area (Å²) in [6.07, 6.45) is 2.58. The predicted octanol–water partition coefficient (Wildman–Crippen LogP) is 0.0371. The normalized spacial score (nSPS) is 24.6. The van der Waals surface area contributed by atoms with Gasteiger partial charge in [-0.15, -0.1) is 0 Å². The molecule has 1 amide bonds. The molecule has 0 saturated carbocycles. The summed E-state index contributed by atoms with van der Waals surface area (Å²) in [6.45, 7) is 4.91. The summed E-state index contributed by atoms with van der Waals surface area (Å²) in [6, 6.07) is 0. The van der Waals surface area contributed by atoms with E-state index in [1.54, 1.807) is 0 Å². The third kappa shape index (κ3) is 4.08. The molecule has 5 nitrogen and oxygen atoms in total. The Labute approximate surface area is 96.7 Å². The first-order valence-corrected chi connectivity index (χ1v) is 5.89. The first-order chi connectivity index (χ1) is 7.69. The Morgan fingerprint density at radius 3 is 3.00 bits per heavy atom. The molecule has 1 aliphatic heterocycles. The smallest absolute Gasteiger partial charge is 0.251 e. The van der Waals surface area contributed by atoms with Gasteiger partial charge in [-0.05, 0) is 26.2 Å². The minimum atomic E-state index is -0.613. The van der Waals surface area contributed by atoms with E-state index < -0.39 is 5.60 Å². The molecule has 16 heavy (non-hydrogen) atoms. The second-order valence-electron chi connectivity index (χ2n) is 4.19. The van der Waals surface area contributed by atoms with E-state index in [1.807, 2.05) is 6.92 Å². The van der Waals surface area contributed by atoms with Crippen molar-refractivity contribution in [3.8, 4) is 0 Å². The highest BCUT2D eigenvalue weighted by Gasteiger charge is 2.37. The number of amides is 1. The number of nitrogens with two attached hydrogens (primary N) is 1. The lowest BCUT2D eigenvalue weighted by Crippen LogP contribution is -2.44. The van der Waals surface area contributed by atoms with Gasteiger partial charge >= 0.3 is 0 Å². The lowest BCUT2D eigenvalue weighted by atomic mass is 10.0. The van der Waals surface area contributed by atoms with E-state index in [0.29, 0.717) is 32.9 Å². The zero-order valence-corrected chi connectivity index (χ0v) is 9.96. The minimum Gasteiger partial charge on any atom is -0.380 e. The Morgan fingerprint density at radius 1 is 1.56 bits per heavy atom. The quantitative estimate of drug-likeness (QED) is 0.605. The Balaban J connectivity index is 2.06. The largest absolute Gasteiger partial charge is 0.380 e. The van der Waals surface area contributed by atoms with Gasteiger partial charge < -0.3 is 20.5 Å². The van der Waals surface area contributed by atoms with E-state index in [0.717, 1.165) is 19.3 Å². The number of carbonyl (C=O) groups excluding carboxylic acids is 1. The average Bonchev–Trinajstić information content (AvgIpc) is 2.71. The van der Waals surface area contributed by atoms with E-state index in [1.165, 1.54) is 0 Å². The van der Waals surface area contributed by atoms with Gasteiger partial charge in [-0.25, -0.2) is 0 Å². The molecule has 0 spiro atoms. The number of hydrogen-bond donors (Lipinski definition) is 2. The van der Waals surface area contributed by atoms with Crippen molar-refractivity contribution < 1.29 is 14.3 Å². The van der Waals surface area contributed by atoms with E-state index in [2.05, 4.69) is 5.32 Å². The molecule has 1 aliphatic rings. The Morgan fingerprint density at radius 2 is 2.38 bits per heavy atom. The van der Waals surface area contributed by atoms with Gasteiger partial charge in [0.2, 0.25) is 0 Å². The number of carbonyl (C=O) groups is 1. The summed E-state index contributed by atoms with van der Waals surface area (Å²) < 4.78 is 10.6. The number of hydrogen-bond acceptors (Lipinski definition) is 4. The molecule has 94 valence electrons. The monoisotopic (exact) mass is 230 g/mol. The van der Waals surface area contributed by atoms with Crippen molar-refractivity contribution in [3.05, 3.63) is 0 Å². The fourth-order valence-electron chi connectivity index (χ4n) is 1.71. The highest BCUT2D eigenvalue weighted by molar-refractivity contribution is 5.84. The van der Waals surface area contributed by atoms with Crippen molar-refractivity contribution in [2.24, 2.45) is 5.73 Å². The maximum absolute atomic E-state index is 11.8. The molecule has 5 heteroatoms. The summed E-state index contributed by atoms with van der Waals surface area (Å²) in [5.41, 5.74) is 4.67. The Bertz CT molecular complexity index is 215. The molecule has 0 aliphatic carbocycles. The second kappa shape index (κ2) is 6.83. The molecule has 0 aromatic rings. The van der Waals surface area contributed by atoms with Gasteiger partial charge in [-0.3, -0.25) is 4.79 Å². The van der Waals surface area contributed by atoms with Gasteiger partial charge in [0, 0.05) is 26.3 Å². The first-order valence-electron chi connectivity index (χ1n) is 5.89. The minimum absolute atomic E-state index is 0.0103. The van der Waals surface area contributed by atoms with Crippen LogP contribution in [0.1, 0.15) is 26.2 Å². The lowest BCUT2D eigenvalue weighted by Gasteiger charge is -2.21. The molecule has 0 bridgehead atoms. The SMILES string of the molecule is CC1(C(=O)NCCCOCCN)CCCO1. The third-order valence-corrected chi connectivity index (χ3v) is 2.71. The summed E-state index contributed by atoms with van der Waals surface area (Å²) in [5.74, 6) is -0.0103. The van der Waals surface area contributed by atoms with Crippen LogP contribution in [-0.2, 0) is 14.3 Å². The summed E-state index contributed by atoms with van der Waals surface area (Å²) in [4.78, 5) is 11.8. The van der Waals surface area contributed by atoms with Crippen LogP contribution in [0.2, 0.25) is 0 Å². The summed E-state index contributed by atoms with van der Waals surface area (Å²) in [5, 5.41) is 2.87. The lowest BCUT2D eigenvalue weighted by molar-refractivity contribution is -0.139. The van der Waals surface area contributed by atoms with Crippen molar-refractivity contribution in [2.75, 3.05) is 32.9 Å². The van der Waals surface area contributed by atoms with E-state index in [4.69, 9.17) is 15.2 Å². The average molecular weight is 230 g/mol. The molecule has 0 aromatic heterocycles. The number of nitrogens with one attached hydrogen (secondary N) is 1. The highest BCUT2D eigenvalue weighted by atomic mass is 16.5. The van der Waals surface area contributed by atoms with Crippen LogP contribution in [0.3, 0.4) is 0 Å². The fraction of sp³-hybridized carbons (Fsp3) is 0.909. The van der Waals surface area contributed by atoms with Crippen LogP contribution in [0.5, 0.6) is 0 Å². The molecule has 1 unspecified atom stereocenters. The van der Waals surface area contributed by atoms with Gasteiger partial charge in [0.15, 0.2) is 0 Å². The Hall–Kier alpha value is -0.650. The van der Waals surface area contributed by atoms with Crippen molar-refractivity contribution >= 4 is 5.91 Å². The molecule has 1 fully saturated rings. The standard InChI is InChI=1S/C11H22N2O3/c1-11(4-2-8-16-11)10(14)13-6-3-7-15-9-5-12/h2-9,12H2,1H3,(H,13,14). The maximum atomic E-state index is 11.8. The van der Waals surface area contributed by atoms with Crippen molar-refractivity contribution in [3.63, 3.8) is 0 Å². The van der Waals surface area contributed by atoms with Crippen molar-refractivity contribution in [2.45, 2.75) is 31.8 Å². The molecule has 3 N–H and O–H groups in total. The van der Waals surface area contributed by atoms with Gasteiger partial charge in [0.25, 0.3) is 5.91 Å². The molecule has 1 heterocycles. The second-order valence-corrected chi connectivity index (χ2v) is 4.19. The van der Waals surface area contributed by atoms with Gasteiger partial charge in [-0.1, -0.05) is 0 Å². The number of rotatable bonds is 7. The van der Waals surface area contributed by atoms with E-state index in [-0.39, 0.29) is 5.91 Å². The van der Waals surface area contributed by atoms with Gasteiger partial charge in [0.1, 0.15) is 5.60 Å². The number of ether oxygens (including phenoxy) is 2. The molecule has 1 saturated heterocycles. The molecule has 0 aromatic carbocycles. The van der Waals surface area contributed by atoms with Crippen LogP contribution in [0.4, 0.5) is 0 Å². The van der Waals surface area contributed by atoms with Crippen LogP contribution in [0.25, 0.3) is 0 Å². The summed E-state index contributed by atoms with van der Waals surface area (Å²) in [7, 11) is 0. The zero-order chi connectivity index (χ0) is 11.9. The van der Waals surface area contributed by atoms with E-state index >= 15 is 0 Å². The molecule has 0 radical (unpaired) electrons. The predicted molar refractivity (Wildman–Crippen MR) is 61.1 cm³/mol. The molecule has 1 atom stereocenters. The Kier molecular flexibility index (Phi) is 5.73. The van der Waals surface area contributed by atoms with Crippen LogP contribution in [0, 0.1) is 0 Å². The van der Waals surface area contributed by atoms with Crippen molar-refractivity contribution in [1.82, 2.24) is 5.32 Å².